The van der Waals surface area contributed by atoms with Crippen LogP contribution in [0.5, 0.6) is 0 Å². The largest absolute Gasteiger partial charge is 0.431 e. The second-order valence-electron chi connectivity index (χ2n) is 9.05. The number of hydrogen-bond donors (Lipinski definition) is 1. The maximum absolute atomic E-state index is 12.8. The van der Waals surface area contributed by atoms with E-state index in [1.807, 2.05) is 28.8 Å². The fraction of sp³-hybridized carbons (Fsp3) is 0.478. The second-order valence-corrected chi connectivity index (χ2v) is 10.1. The quantitative estimate of drug-likeness (QED) is 0.342. The van der Waals surface area contributed by atoms with Crippen molar-refractivity contribution in [2.45, 2.75) is 38.5 Å². The van der Waals surface area contributed by atoms with Crippen LogP contribution in [0.3, 0.4) is 0 Å². The number of aryl methyl sites for hydroxylation is 2. The number of H-pyrrole nitrogens is 1. The molecule has 33 heavy (non-hydrogen) atoms. The number of nitrogens with one attached hydrogen (secondary N) is 1. The topological polar surface area (TPSA) is 102 Å². The molecular formula is C23H28N6O3S. The molecule has 1 N–H and O–H groups in total. The number of thioether (sulfide) groups is 1. The van der Waals surface area contributed by atoms with Crippen LogP contribution in [0, 0.1) is 11.8 Å². The number of aromatic amines is 1. The minimum Gasteiger partial charge on any atom is -0.431 e. The smallest absolute Gasteiger partial charge is 0.329 e. The fourth-order valence-electron chi connectivity index (χ4n) is 4.80. The summed E-state index contributed by atoms with van der Waals surface area (Å²) in [5.74, 6) is 2.63. The summed E-state index contributed by atoms with van der Waals surface area (Å²) in [6.45, 7) is 6.87. The molecule has 1 saturated heterocycles. The number of hydrogen-bond acceptors (Lipinski definition) is 7. The Morgan fingerprint density at radius 3 is 2.67 bits per heavy atom. The summed E-state index contributed by atoms with van der Waals surface area (Å²) in [6.07, 6.45) is 1.97. The van der Waals surface area contributed by atoms with Gasteiger partial charge in [0.1, 0.15) is 5.52 Å². The van der Waals surface area contributed by atoms with E-state index in [9.17, 15) is 9.59 Å². The van der Waals surface area contributed by atoms with Gasteiger partial charge in [-0.05, 0) is 36.8 Å². The first kappa shape index (κ1) is 21.8. The van der Waals surface area contributed by atoms with E-state index in [0.717, 1.165) is 42.3 Å². The van der Waals surface area contributed by atoms with Gasteiger partial charge in [0.05, 0.1) is 0 Å². The van der Waals surface area contributed by atoms with Crippen molar-refractivity contribution in [1.82, 2.24) is 24.1 Å². The van der Waals surface area contributed by atoms with Crippen molar-refractivity contribution < 1.29 is 4.42 Å². The SMILES string of the molecule is C[C@@H]1C[C@@H](C)CN(c2nc3c(c(=O)[nH]c(=O)n3C)n2CCCSc2nc3ccccc3o2)C1. The van der Waals surface area contributed by atoms with Crippen molar-refractivity contribution in [2.75, 3.05) is 23.7 Å². The van der Waals surface area contributed by atoms with Gasteiger partial charge in [0.2, 0.25) is 5.95 Å². The van der Waals surface area contributed by atoms with Crippen LogP contribution in [-0.2, 0) is 13.6 Å². The van der Waals surface area contributed by atoms with Gasteiger partial charge in [-0.1, -0.05) is 37.7 Å². The fourth-order valence-corrected chi connectivity index (χ4v) is 5.56. The first-order valence-electron chi connectivity index (χ1n) is 11.3. The molecule has 0 amide bonds. The zero-order chi connectivity index (χ0) is 23.1. The van der Waals surface area contributed by atoms with Crippen molar-refractivity contribution in [3.05, 3.63) is 45.1 Å². The third-order valence-electron chi connectivity index (χ3n) is 6.16. The van der Waals surface area contributed by atoms with Gasteiger partial charge in [-0.25, -0.2) is 9.78 Å². The number of rotatable bonds is 6. The third-order valence-corrected chi connectivity index (χ3v) is 7.08. The molecular weight excluding hydrogens is 440 g/mol. The first-order chi connectivity index (χ1) is 15.9. The lowest BCUT2D eigenvalue weighted by Crippen LogP contribution is -2.40. The zero-order valence-corrected chi connectivity index (χ0v) is 19.9. The lowest BCUT2D eigenvalue weighted by molar-refractivity contribution is 0.351. The molecule has 0 aliphatic carbocycles. The number of piperidine rings is 1. The molecule has 1 aliphatic rings. The van der Waals surface area contributed by atoms with Crippen molar-refractivity contribution in [3.63, 3.8) is 0 Å². The van der Waals surface area contributed by atoms with Gasteiger partial charge in [-0.15, -0.1) is 0 Å². The number of oxazole rings is 1. The van der Waals surface area contributed by atoms with Gasteiger partial charge < -0.3 is 13.9 Å². The van der Waals surface area contributed by atoms with Crippen LogP contribution in [0.4, 0.5) is 5.95 Å². The predicted octanol–water partition coefficient (Wildman–Crippen LogP) is 3.23. The average Bonchev–Trinajstić information content (AvgIpc) is 3.36. The Hall–Kier alpha value is -3.01. The van der Waals surface area contributed by atoms with Crippen LogP contribution in [-0.4, -0.2) is 42.9 Å². The van der Waals surface area contributed by atoms with Crippen molar-refractivity contribution >= 4 is 40.0 Å². The van der Waals surface area contributed by atoms with E-state index in [1.54, 1.807) is 18.8 Å². The highest BCUT2D eigenvalue weighted by Crippen LogP contribution is 2.29. The van der Waals surface area contributed by atoms with E-state index in [-0.39, 0.29) is 0 Å². The van der Waals surface area contributed by atoms with Gasteiger partial charge in [0.15, 0.2) is 16.7 Å². The Morgan fingerprint density at radius 1 is 1.15 bits per heavy atom. The van der Waals surface area contributed by atoms with Gasteiger partial charge in [-0.3, -0.25) is 14.3 Å². The maximum Gasteiger partial charge on any atom is 0.329 e. The van der Waals surface area contributed by atoms with Gasteiger partial charge in [0, 0.05) is 32.4 Å². The summed E-state index contributed by atoms with van der Waals surface area (Å²) in [5, 5.41) is 0.644. The van der Waals surface area contributed by atoms with E-state index in [4.69, 9.17) is 9.40 Å². The van der Waals surface area contributed by atoms with Crippen LogP contribution in [0.2, 0.25) is 0 Å². The molecule has 5 rings (SSSR count). The summed E-state index contributed by atoms with van der Waals surface area (Å²) >= 11 is 1.56. The zero-order valence-electron chi connectivity index (χ0n) is 19.1. The Bertz CT molecular complexity index is 1370. The molecule has 1 fully saturated rings. The Morgan fingerprint density at radius 2 is 1.91 bits per heavy atom. The van der Waals surface area contributed by atoms with Crippen LogP contribution in [0.1, 0.15) is 26.7 Å². The minimum atomic E-state index is -0.449. The average molecular weight is 469 g/mol. The molecule has 0 unspecified atom stereocenters. The maximum atomic E-state index is 12.8. The molecule has 3 aromatic heterocycles. The number of nitrogens with zero attached hydrogens (tertiary/aromatic N) is 5. The minimum absolute atomic E-state index is 0.392. The predicted molar refractivity (Wildman–Crippen MR) is 130 cm³/mol. The molecule has 2 atom stereocenters. The van der Waals surface area contributed by atoms with E-state index < -0.39 is 11.2 Å². The molecule has 1 aromatic carbocycles. The van der Waals surface area contributed by atoms with Crippen LogP contribution in [0.25, 0.3) is 22.3 Å². The van der Waals surface area contributed by atoms with E-state index >= 15 is 0 Å². The number of benzene rings is 1. The summed E-state index contributed by atoms with van der Waals surface area (Å²) in [6, 6.07) is 7.72. The summed E-state index contributed by atoms with van der Waals surface area (Å²) in [5.41, 5.74) is 1.67. The van der Waals surface area contributed by atoms with Gasteiger partial charge in [-0.2, -0.15) is 4.98 Å². The standard InChI is InChI=1S/C23H28N6O3S/c1-14-11-15(2)13-28(12-14)21-25-19-18(20(30)26-22(31)27(19)3)29(21)9-6-10-33-23-24-16-7-4-5-8-17(16)32-23/h4-5,7-8,14-15H,6,9-13H2,1-3H3,(H,26,30,31)/t14-,15-/m1/s1. The van der Waals surface area contributed by atoms with Crippen LogP contribution >= 0.6 is 11.8 Å². The highest BCUT2D eigenvalue weighted by molar-refractivity contribution is 7.99. The van der Waals surface area contributed by atoms with Crippen LogP contribution in [0.15, 0.2) is 43.5 Å². The highest BCUT2D eigenvalue weighted by Gasteiger charge is 2.27. The molecule has 0 spiro atoms. The Balaban J connectivity index is 1.42. The monoisotopic (exact) mass is 468 g/mol. The molecule has 10 heteroatoms. The summed E-state index contributed by atoms with van der Waals surface area (Å²) in [7, 11) is 1.65. The lowest BCUT2D eigenvalue weighted by atomic mass is 9.92. The number of para-hydroxylation sites is 2. The van der Waals surface area contributed by atoms with Crippen molar-refractivity contribution in [2.24, 2.45) is 18.9 Å². The van der Waals surface area contributed by atoms with E-state index in [2.05, 4.69) is 28.7 Å². The van der Waals surface area contributed by atoms with Gasteiger partial charge in [0.25, 0.3) is 10.8 Å². The molecule has 0 saturated carbocycles. The number of aromatic nitrogens is 5. The third kappa shape index (κ3) is 4.19. The first-order valence-corrected chi connectivity index (χ1v) is 12.3. The number of fused-ring (bicyclic) bond motifs is 2. The number of anilines is 1. The highest BCUT2D eigenvalue weighted by atomic mass is 32.2. The van der Waals surface area contributed by atoms with E-state index in [1.165, 1.54) is 11.0 Å². The summed E-state index contributed by atoms with van der Waals surface area (Å²) in [4.78, 5) is 38.9. The molecule has 0 bridgehead atoms. The molecule has 4 heterocycles. The summed E-state index contributed by atoms with van der Waals surface area (Å²) < 4.78 is 9.19. The molecule has 9 nitrogen and oxygen atoms in total. The van der Waals surface area contributed by atoms with Crippen molar-refractivity contribution in [3.8, 4) is 0 Å². The number of imidazole rings is 1. The molecule has 174 valence electrons. The normalized spacial score (nSPS) is 19.1. The molecule has 4 aromatic rings. The Kier molecular flexibility index (Phi) is 5.77. The van der Waals surface area contributed by atoms with Gasteiger partial charge >= 0.3 is 5.69 Å². The molecule has 0 radical (unpaired) electrons. The lowest BCUT2D eigenvalue weighted by Gasteiger charge is -2.35. The molecule has 1 aliphatic heterocycles. The second kappa shape index (κ2) is 8.74. The van der Waals surface area contributed by atoms with E-state index in [0.29, 0.717) is 34.8 Å². The van der Waals surface area contributed by atoms with Crippen molar-refractivity contribution in [1.29, 1.82) is 0 Å². The Labute approximate surface area is 194 Å². The van der Waals surface area contributed by atoms with Crippen LogP contribution < -0.4 is 16.1 Å².